The molecule has 2 aromatic rings. The van der Waals surface area contributed by atoms with Gasteiger partial charge >= 0.3 is 5.97 Å². The molecule has 0 fully saturated rings. The molecule has 0 saturated heterocycles. The van der Waals surface area contributed by atoms with Crippen LogP contribution < -0.4 is 10.6 Å². The van der Waals surface area contributed by atoms with E-state index in [1.807, 2.05) is 43.3 Å². The zero-order valence-electron chi connectivity index (χ0n) is 13.3. The van der Waals surface area contributed by atoms with Gasteiger partial charge in [0.25, 0.3) is 0 Å². The Balaban J connectivity index is 1.94. The maximum absolute atomic E-state index is 11.7. The minimum absolute atomic E-state index is 0.313. The largest absolute Gasteiger partial charge is 0.462 e. The smallest absolute Gasteiger partial charge is 0.338 e. The number of esters is 1. The lowest BCUT2D eigenvalue weighted by atomic mass is 10.1. The predicted octanol–water partition coefficient (Wildman–Crippen LogP) is 3.66. The van der Waals surface area contributed by atoms with Crippen LogP contribution in [0.5, 0.6) is 0 Å². The Bertz CT molecular complexity index is 687. The first-order valence-electron chi connectivity index (χ1n) is 7.46. The van der Waals surface area contributed by atoms with Crippen LogP contribution in [0, 0.1) is 6.92 Å². The second-order valence-electron chi connectivity index (χ2n) is 5.04. The van der Waals surface area contributed by atoms with Gasteiger partial charge in [-0.2, -0.15) is 0 Å². The highest BCUT2D eigenvalue weighted by molar-refractivity contribution is 7.80. The highest BCUT2D eigenvalue weighted by Gasteiger charge is 2.09. The molecule has 0 heterocycles. The zero-order valence-corrected chi connectivity index (χ0v) is 14.1. The van der Waals surface area contributed by atoms with Crippen molar-refractivity contribution in [3.8, 4) is 0 Å². The van der Waals surface area contributed by atoms with Crippen LogP contribution in [0.4, 0.5) is 5.69 Å². The van der Waals surface area contributed by atoms with Crippen LogP contribution in [0.2, 0.25) is 0 Å². The SMILES string of the molecule is CCOC(=O)c1ccc(NC(=S)NCc2ccccc2)c(C)c1. The van der Waals surface area contributed by atoms with Gasteiger partial charge in [0.2, 0.25) is 0 Å². The van der Waals surface area contributed by atoms with Crippen LogP contribution in [0.1, 0.15) is 28.4 Å². The molecule has 0 saturated carbocycles. The van der Waals surface area contributed by atoms with Gasteiger partial charge in [0.15, 0.2) is 5.11 Å². The Labute approximate surface area is 141 Å². The fraction of sp³-hybridized carbons (Fsp3) is 0.222. The van der Waals surface area contributed by atoms with E-state index in [1.54, 1.807) is 19.1 Å². The molecular formula is C18H20N2O2S. The number of nitrogens with one attached hydrogen (secondary N) is 2. The summed E-state index contributed by atoms with van der Waals surface area (Å²) < 4.78 is 4.99. The Hall–Kier alpha value is -2.40. The summed E-state index contributed by atoms with van der Waals surface area (Å²) in [6.45, 7) is 4.74. The predicted molar refractivity (Wildman–Crippen MR) is 96.6 cm³/mol. The van der Waals surface area contributed by atoms with Gasteiger partial charge in [-0.3, -0.25) is 0 Å². The molecule has 23 heavy (non-hydrogen) atoms. The average Bonchev–Trinajstić information content (AvgIpc) is 2.56. The van der Waals surface area contributed by atoms with Crippen molar-refractivity contribution in [1.29, 1.82) is 0 Å². The normalized spacial score (nSPS) is 10.0. The number of ether oxygens (including phenoxy) is 1. The quantitative estimate of drug-likeness (QED) is 0.648. The molecule has 2 rings (SSSR count). The van der Waals surface area contributed by atoms with Crippen molar-refractivity contribution in [1.82, 2.24) is 5.32 Å². The fourth-order valence-electron chi connectivity index (χ4n) is 2.09. The van der Waals surface area contributed by atoms with E-state index in [1.165, 1.54) is 0 Å². The molecule has 0 atom stereocenters. The number of rotatable bonds is 5. The third-order valence-corrected chi connectivity index (χ3v) is 3.53. The molecule has 4 nitrogen and oxygen atoms in total. The molecular weight excluding hydrogens is 308 g/mol. The van der Waals surface area contributed by atoms with Crippen molar-refractivity contribution >= 4 is 29.0 Å². The highest BCUT2D eigenvalue weighted by Crippen LogP contribution is 2.17. The van der Waals surface area contributed by atoms with Crippen LogP contribution in [0.15, 0.2) is 48.5 Å². The van der Waals surface area contributed by atoms with Crippen LogP contribution in [0.25, 0.3) is 0 Å². The van der Waals surface area contributed by atoms with Gasteiger partial charge in [-0.05, 0) is 55.4 Å². The third kappa shape index (κ3) is 5.07. The average molecular weight is 328 g/mol. The molecule has 0 radical (unpaired) electrons. The molecule has 120 valence electrons. The number of hydrogen-bond donors (Lipinski definition) is 2. The van der Waals surface area contributed by atoms with Crippen molar-refractivity contribution in [2.24, 2.45) is 0 Å². The number of anilines is 1. The van der Waals surface area contributed by atoms with E-state index < -0.39 is 0 Å². The van der Waals surface area contributed by atoms with Crippen molar-refractivity contribution in [2.75, 3.05) is 11.9 Å². The van der Waals surface area contributed by atoms with Gasteiger partial charge in [0.1, 0.15) is 0 Å². The fourth-order valence-corrected chi connectivity index (χ4v) is 2.27. The molecule has 0 spiro atoms. The number of aryl methyl sites for hydroxylation is 1. The molecule has 2 aromatic carbocycles. The van der Waals surface area contributed by atoms with E-state index in [0.29, 0.717) is 23.8 Å². The van der Waals surface area contributed by atoms with E-state index >= 15 is 0 Å². The molecule has 2 N–H and O–H groups in total. The van der Waals surface area contributed by atoms with E-state index in [2.05, 4.69) is 10.6 Å². The minimum Gasteiger partial charge on any atom is -0.462 e. The van der Waals surface area contributed by atoms with E-state index in [0.717, 1.165) is 16.8 Å². The van der Waals surface area contributed by atoms with Gasteiger partial charge in [-0.1, -0.05) is 30.3 Å². The number of carbonyl (C=O) groups excluding carboxylic acids is 1. The summed E-state index contributed by atoms with van der Waals surface area (Å²) in [6, 6.07) is 15.4. The maximum Gasteiger partial charge on any atom is 0.338 e. The highest BCUT2D eigenvalue weighted by atomic mass is 32.1. The van der Waals surface area contributed by atoms with Gasteiger partial charge in [0.05, 0.1) is 12.2 Å². The number of hydrogen-bond acceptors (Lipinski definition) is 3. The Morgan fingerprint density at radius 1 is 1.17 bits per heavy atom. The van der Waals surface area contributed by atoms with Crippen LogP contribution in [-0.4, -0.2) is 17.7 Å². The summed E-state index contributed by atoms with van der Waals surface area (Å²) in [7, 11) is 0. The van der Waals surface area contributed by atoms with Gasteiger partial charge in [-0.15, -0.1) is 0 Å². The molecule has 0 aliphatic rings. The molecule has 0 aromatic heterocycles. The summed E-state index contributed by atoms with van der Waals surface area (Å²) in [5.74, 6) is -0.313. The second-order valence-corrected chi connectivity index (χ2v) is 5.45. The van der Waals surface area contributed by atoms with Crippen molar-refractivity contribution < 1.29 is 9.53 Å². The number of thiocarbonyl (C=S) groups is 1. The molecule has 5 heteroatoms. The van der Waals surface area contributed by atoms with Crippen LogP contribution in [-0.2, 0) is 11.3 Å². The van der Waals surface area contributed by atoms with Crippen molar-refractivity contribution in [3.05, 3.63) is 65.2 Å². The Morgan fingerprint density at radius 3 is 2.57 bits per heavy atom. The van der Waals surface area contributed by atoms with Crippen LogP contribution in [0.3, 0.4) is 0 Å². The summed E-state index contributed by atoms with van der Waals surface area (Å²) in [5.41, 5.74) is 3.49. The van der Waals surface area contributed by atoms with Crippen LogP contribution >= 0.6 is 12.2 Å². The Kier molecular flexibility index (Phi) is 6.11. The van der Waals surface area contributed by atoms with Crippen molar-refractivity contribution in [3.63, 3.8) is 0 Å². The molecule has 0 amide bonds. The maximum atomic E-state index is 11.7. The molecule has 0 bridgehead atoms. The first kappa shape index (κ1) is 17.0. The first-order chi connectivity index (χ1) is 11.1. The van der Waals surface area contributed by atoms with E-state index in [4.69, 9.17) is 17.0 Å². The lowest BCUT2D eigenvalue weighted by molar-refractivity contribution is 0.0526. The number of carbonyl (C=O) groups is 1. The summed E-state index contributed by atoms with van der Waals surface area (Å²) in [5, 5.41) is 6.85. The number of benzene rings is 2. The zero-order chi connectivity index (χ0) is 16.7. The van der Waals surface area contributed by atoms with E-state index in [9.17, 15) is 4.79 Å². The standard InChI is InChI=1S/C18H20N2O2S/c1-3-22-17(21)15-9-10-16(13(2)11-15)20-18(23)19-12-14-7-5-4-6-8-14/h4-11H,3,12H2,1-2H3,(H2,19,20,23). The van der Waals surface area contributed by atoms with Gasteiger partial charge in [-0.25, -0.2) is 4.79 Å². The van der Waals surface area contributed by atoms with Crippen molar-refractivity contribution in [2.45, 2.75) is 20.4 Å². The summed E-state index contributed by atoms with van der Waals surface area (Å²) in [6.07, 6.45) is 0. The first-order valence-corrected chi connectivity index (χ1v) is 7.87. The topological polar surface area (TPSA) is 50.4 Å². The molecule has 0 unspecified atom stereocenters. The second kappa shape index (κ2) is 8.29. The monoisotopic (exact) mass is 328 g/mol. The van der Waals surface area contributed by atoms with E-state index in [-0.39, 0.29) is 5.97 Å². The molecule has 0 aliphatic heterocycles. The Morgan fingerprint density at radius 2 is 1.91 bits per heavy atom. The lowest BCUT2D eigenvalue weighted by Crippen LogP contribution is -2.28. The lowest BCUT2D eigenvalue weighted by Gasteiger charge is -2.13. The molecule has 0 aliphatic carbocycles. The third-order valence-electron chi connectivity index (χ3n) is 3.28. The summed E-state index contributed by atoms with van der Waals surface area (Å²) >= 11 is 5.31. The van der Waals surface area contributed by atoms with Gasteiger partial charge in [0, 0.05) is 12.2 Å². The van der Waals surface area contributed by atoms with Gasteiger partial charge < -0.3 is 15.4 Å². The minimum atomic E-state index is -0.313. The summed E-state index contributed by atoms with van der Waals surface area (Å²) in [4.78, 5) is 11.7.